The van der Waals surface area contributed by atoms with E-state index in [1.165, 1.54) is 17.4 Å². The molecular formula is C20H16BrClF3N3O2S2. The van der Waals surface area contributed by atoms with E-state index in [4.69, 9.17) is 22.1 Å². The Bertz CT molecular complexity index is 1170. The molecule has 0 saturated carbocycles. The predicted octanol–water partition coefficient (Wildman–Crippen LogP) is 6.23. The van der Waals surface area contributed by atoms with Crippen molar-refractivity contribution in [1.29, 1.82) is 0 Å². The molecule has 5 nitrogen and oxygen atoms in total. The van der Waals surface area contributed by atoms with Crippen molar-refractivity contribution in [3.8, 4) is 0 Å². The number of anilines is 1. The molecule has 3 N–H and O–H groups in total. The van der Waals surface area contributed by atoms with Crippen molar-refractivity contribution in [3.63, 3.8) is 0 Å². The van der Waals surface area contributed by atoms with Crippen LogP contribution in [-0.4, -0.2) is 29.3 Å². The van der Waals surface area contributed by atoms with Crippen molar-refractivity contribution in [2.24, 2.45) is 5.73 Å². The van der Waals surface area contributed by atoms with Crippen molar-refractivity contribution in [1.82, 2.24) is 4.98 Å². The number of aromatic nitrogens is 1. The molecule has 0 radical (unpaired) electrons. The third-order valence-corrected chi connectivity index (χ3v) is 8.39. The van der Waals surface area contributed by atoms with E-state index < -0.39 is 30.2 Å². The monoisotopic (exact) mass is 565 g/mol. The maximum Gasteiger partial charge on any atom is 0.490 e. The third kappa shape index (κ3) is 4.81. The number of carbonyl (C=O) groups is 1. The van der Waals surface area contributed by atoms with Gasteiger partial charge in [0.15, 0.2) is 0 Å². The molecule has 3 heterocycles. The molecule has 170 valence electrons. The number of pyridine rings is 1. The van der Waals surface area contributed by atoms with E-state index in [-0.39, 0.29) is 5.15 Å². The molecule has 0 aromatic carbocycles. The second kappa shape index (κ2) is 9.30. The van der Waals surface area contributed by atoms with Crippen LogP contribution in [0.25, 0.3) is 10.2 Å². The first-order valence-electron chi connectivity index (χ1n) is 9.40. The highest BCUT2D eigenvalue weighted by Gasteiger charge is 2.45. The minimum Gasteiger partial charge on any atom is -0.451 e. The number of nitrogens with zero attached hydrogens (tertiary/aromatic N) is 1. The number of esters is 1. The molecule has 0 aliphatic heterocycles. The number of halogens is 5. The van der Waals surface area contributed by atoms with Crippen molar-refractivity contribution >= 4 is 72.1 Å². The van der Waals surface area contributed by atoms with Crippen LogP contribution >= 0.6 is 50.2 Å². The summed E-state index contributed by atoms with van der Waals surface area (Å²) in [6, 6.07) is 5.11. The summed E-state index contributed by atoms with van der Waals surface area (Å²) in [7, 11) is 0. The molecule has 1 aliphatic rings. The summed E-state index contributed by atoms with van der Waals surface area (Å²) in [5.74, 6) is -2.92. The van der Waals surface area contributed by atoms with E-state index in [0.717, 1.165) is 15.3 Å². The van der Waals surface area contributed by atoms with Crippen LogP contribution in [0.1, 0.15) is 22.1 Å². The molecule has 0 bridgehead atoms. The summed E-state index contributed by atoms with van der Waals surface area (Å²) in [6.45, 7) is 0.579. The number of nitrogens with one attached hydrogen (secondary N) is 1. The van der Waals surface area contributed by atoms with Crippen molar-refractivity contribution in [2.75, 3.05) is 5.32 Å². The minimum atomic E-state index is -5.09. The van der Waals surface area contributed by atoms with Gasteiger partial charge in [0.2, 0.25) is 0 Å². The van der Waals surface area contributed by atoms with E-state index >= 15 is 0 Å². The molecule has 0 unspecified atom stereocenters. The molecule has 4 rings (SSSR count). The topological polar surface area (TPSA) is 77.2 Å². The molecule has 1 aliphatic carbocycles. The summed E-state index contributed by atoms with van der Waals surface area (Å²) < 4.78 is 44.6. The van der Waals surface area contributed by atoms with Crippen LogP contribution in [0.15, 0.2) is 40.2 Å². The first-order valence-corrected chi connectivity index (χ1v) is 12.3. The Labute approximate surface area is 202 Å². The number of ether oxygens (including phenoxy) is 1. The smallest absolute Gasteiger partial charge is 0.451 e. The summed E-state index contributed by atoms with van der Waals surface area (Å²) in [4.78, 5) is 17.7. The lowest BCUT2D eigenvalue weighted by Crippen LogP contribution is -2.41. The van der Waals surface area contributed by atoms with Gasteiger partial charge in [-0.3, -0.25) is 0 Å². The van der Waals surface area contributed by atoms with Gasteiger partial charge in [0.05, 0.1) is 26.3 Å². The summed E-state index contributed by atoms with van der Waals surface area (Å²) in [6.07, 6.45) is -2.74. The lowest BCUT2D eigenvalue weighted by Gasteiger charge is -2.32. The second-order valence-electron chi connectivity index (χ2n) is 7.10. The number of rotatable bonds is 5. The fourth-order valence-corrected chi connectivity index (χ4v) is 6.59. The SMILES string of the molecule is N[C@H]1CC=C[C@H](OC(=O)C(F)(F)F)[C@@H]1c1sc2c(NCc3cccs3)cc(Cl)nc2c1Br. The number of alkyl halides is 3. The molecule has 3 atom stereocenters. The highest BCUT2D eigenvalue weighted by atomic mass is 79.9. The summed E-state index contributed by atoms with van der Waals surface area (Å²) >= 11 is 12.7. The Kier molecular flexibility index (Phi) is 6.83. The van der Waals surface area contributed by atoms with E-state index in [0.29, 0.717) is 27.8 Å². The van der Waals surface area contributed by atoms with E-state index in [1.807, 2.05) is 17.5 Å². The van der Waals surface area contributed by atoms with Crippen LogP contribution in [0.5, 0.6) is 0 Å². The first kappa shape index (κ1) is 23.5. The number of hydrogen-bond acceptors (Lipinski definition) is 7. The van der Waals surface area contributed by atoms with Crippen LogP contribution in [0.2, 0.25) is 5.15 Å². The Balaban J connectivity index is 1.72. The van der Waals surface area contributed by atoms with Crippen LogP contribution in [-0.2, 0) is 16.1 Å². The molecule has 32 heavy (non-hydrogen) atoms. The van der Waals surface area contributed by atoms with Gasteiger partial charge in [0.25, 0.3) is 0 Å². The molecule has 12 heteroatoms. The van der Waals surface area contributed by atoms with Gasteiger partial charge in [-0.1, -0.05) is 23.7 Å². The molecule has 0 spiro atoms. The van der Waals surface area contributed by atoms with Crippen molar-refractivity contribution < 1.29 is 22.7 Å². The van der Waals surface area contributed by atoms with Gasteiger partial charge >= 0.3 is 12.1 Å². The van der Waals surface area contributed by atoms with Gasteiger partial charge in [-0.25, -0.2) is 9.78 Å². The van der Waals surface area contributed by atoms with E-state index in [9.17, 15) is 18.0 Å². The second-order valence-corrected chi connectivity index (χ2v) is 10.4. The highest BCUT2D eigenvalue weighted by molar-refractivity contribution is 9.10. The zero-order chi connectivity index (χ0) is 23.0. The summed E-state index contributed by atoms with van der Waals surface area (Å²) in [5.41, 5.74) is 7.58. The average Bonchev–Trinajstić information content (AvgIpc) is 3.34. The Morgan fingerprint density at radius 2 is 2.22 bits per heavy atom. The number of hydrogen-bond donors (Lipinski definition) is 2. The Hall–Kier alpha value is -1.66. The summed E-state index contributed by atoms with van der Waals surface area (Å²) in [5, 5.41) is 5.59. The average molecular weight is 567 g/mol. The van der Waals surface area contributed by atoms with Gasteiger partial charge in [-0.15, -0.1) is 22.7 Å². The highest BCUT2D eigenvalue weighted by Crippen LogP contribution is 2.46. The molecule has 0 fully saturated rings. The molecule has 0 saturated heterocycles. The third-order valence-electron chi connectivity index (χ3n) is 4.94. The normalized spacial score (nSPS) is 21.1. The Morgan fingerprint density at radius 3 is 2.91 bits per heavy atom. The number of thiophene rings is 2. The maximum absolute atomic E-state index is 12.8. The van der Waals surface area contributed by atoms with E-state index in [1.54, 1.807) is 23.5 Å². The van der Waals surface area contributed by atoms with Crippen molar-refractivity contribution in [3.05, 3.63) is 55.1 Å². The minimum absolute atomic E-state index is 0.268. The lowest BCUT2D eigenvalue weighted by atomic mass is 9.86. The van der Waals surface area contributed by atoms with E-state index in [2.05, 4.69) is 26.2 Å². The lowest BCUT2D eigenvalue weighted by molar-refractivity contribution is -0.204. The van der Waals surface area contributed by atoms with Gasteiger partial charge in [0, 0.05) is 28.4 Å². The van der Waals surface area contributed by atoms with Crippen LogP contribution in [0, 0.1) is 0 Å². The molecule has 3 aromatic rings. The fourth-order valence-electron chi connectivity index (χ4n) is 3.49. The van der Waals surface area contributed by atoms with Crippen LogP contribution in [0.4, 0.5) is 18.9 Å². The van der Waals surface area contributed by atoms with Crippen LogP contribution < -0.4 is 11.1 Å². The molecule has 3 aromatic heterocycles. The first-order chi connectivity index (χ1) is 15.1. The number of carbonyl (C=O) groups excluding carboxylic acids is 1. The number of fused-ring (bicyclic) bond motifs is 1. The zero-order valence-electron chi connectivity index (χ0n) is 16.2. The maximum atomic E-state index is 12.8. The van der Waals surface area contributed by atoms with Gasteiger partial charge in [-0.05, 0) is 39.9 Å². The molecular weight excluding hydrogens is 551 g/mol. The zero-order valence-corrected chi connectivity index (χ0v) is 20.1. The Morgan fingerprint density at radius 1 is 1.44 bits per heavy atom. The standard InChI is InChI=1S/C20H16BrClF3N3O2S2/c21-15-16-17(11(7-13(22)28-16)27-8-9-3-2-6-31-9)32-18(15)14-10(26)4-1-5-12(14)30-19(29)20(23,24)25/h1-3,5-7,10,12,14H,4,8,26H2,(H,27,28)/t10-,12-,14+/m0/s1. The number of nitrogens with two attached hydrogens (primary N) is 1. The molecule has 0 amide bonds. The van der Waals surface area contributed by atoms with Crippen LogP contribution in [0.3, 0.4) is 0 Å². The largest absolute Gasteiger partial charge is 0.490 e. The quantitative estimate of drug-likeness (QED) is 0.217. The van der Waals surface area contributed by atoms with Gasteiger partial charge in [-0.2, -0.15) is 13.2 Å². The fraction of sp³-hybridized carbons (Fsp3) is 0.300. The van der Waals surface area contributed by atoms with Crippen molar-refractivity contribution in [2.45, 2.75) is 37.2 Å². The predicted molar refractivity (Wildman–Crippen MR) is 124 cm³/mol. The van der Waals surface area contributed by atoms with Gasteiger partial charge in [0.1, 0.15) is 11.3 Å². The van der Waals surface area contributed by atoms with Gasteiger partial charge < -0.3 is 15.8 Å².